The molecule has 2 aromatic rings. The number of thioether (sulfide) groups is 1. The number of likely N-dealkylation sites (tertiary alicyclic amines) is 1. The fourth-order valence-electron chi connectivity index (χ4n) is 3.13. The Balaban J connectivity index is 1.50. The second kappa shape index (κ2) is 8.58. The molecule has 0 saturated carbocycles. The molecule has 0 spiro atoms. The van der Waals surface area contributed by atoms with E-state index in [4.69, 9.17) is 4.42 Å². The second-order valence-electron chi connectivity index (χ2n) is 6.50. The van der Waals surface area contributed by atoms with E-state index >= 15 is 0 Å². The van der Waals surface area contributed by atoms with E-state index in [0.29, 0.717) is 11.5 Å². The Morgan fingerprint density at radius 1 is 1.40 bits per heavy atom. The van der Waals surface area contributed by atoms with Gasteiger partial charge in [0.05, 0.1) is 5.75 Å². The Labute approximate surface area is 153 Å². The van der Waals surface area contributed by atoms with E-state index in [0.717, 1.165) is 49.3 Å². The molecule has 2 aromatic heterocycles. The molecule has 0 aromatic carbocycles. The van der Waals surface area contributed by atoms with E-state index < -0.39 is 0 Å². The molecule has 7 heteroatoms. The molecule has 1 amide bonds. The van der Waals surface area contributed by atoms with Crippen molar-refractivity contribution in [3.8, 4) is 0 Å². The van der Waals surface area contributed by atoms with Crippen LogP contribution in [0, 0.1) is 5.92 Å². The largest absolute Gasteiger partial charge is 0.455 e. The molecule has 136 valence electrons. The number of furan rings is 1. The first-order valence-corrected chi connectivity index (χ1v) is 9.78. The van der Waals surface area contributed by atoms with E-state index in [-0.39, 0.29) is 5.91 Å². The Kier molecular flexibility index (Phi) is 6.20. The van der Waals surface area contributed by atoms with E-state index in [1.807, 2.05) is 35.8 Å². The number of hydrogen-bond acceptors (Lipinski definition) is 5. The summed E-state index contributed by atoms with van der Waals surface area (Å²) in [6.45, 7) is 2.70. The summed E-state index contributed by atoms with van der Waals surface area (Å²) >= 11 is 1.60. The predicted octanol–water partition coefficient (Wildman–Crippen LogP) is 2.77. The first-order chi connectivity index (χ1) is 12.2. The number of carbonyl (C=O) groups excluding carboxylic acids is 1. The van der Waals surface area contributed by atoms with Crippen LogP contribution < -0.4 is 5.32 Å². The van der Waals surface area contributed by atoms with Gasteiger partial charge in [0, 0.05) is 32.5 Å². The summed E-state index contributed by atoms with van der Waals surface area (Å²) in [4.78, 5) is 18.8. The van der Waals surface area contributed by atoms with Crippen LogP contribution in [0.2, 0.25) is 0 Å². The lowest BCUT2D eigenvalue weighted by Gasteiger charge is -2.31. The number of aryl methyl sites for hydroxylation is 1. The number of nitrogens with one attached hydrogen (secondary N) is 1. The Hall–Kier alpha value is -1.73. The molecule has 3 rings (SSSR count). The number of carbonyl (C=O) groups is 1. The van der Waals surface area contributed by atoms with Crippen LogP contribution in [-0.2, 0) is 12.8 Å². The van der Waals surface area contributed by atoms with Gasteiger partial charge in [0.15, 0.2) is 10.9 Å². The molecule has 0 radical (unpaired) electrons. The molecule has 3 heterocycles. The van der Waals surface area contributed by atoms with Crippen LogP contribution in [0.15, 0.2) is 34.1 Å². The maximum Gasteiger partial charge on any atom is 0.289 e. The van der Waals surface area contributed by atoms with Crippen molar-refractivity contribution in [2.45, 2.75) is 30.2 Å². The van der Waals surface area contributed by atoms with Crippen LogP contribution in [0.5, 0.6) is 0 Å². The molecule has 1 aliphatic heterocycles. The van der Waals surface area contributed by atoms with Crippen LogP contribution in [0.3, 0.4) is 0 Å². The van der Waals surface area contributed by atoms with Gasteiger partial charge in [0.1, 0.15) is 5.76 Å². The number of imidazole rings is 1. The third-order valence-electron chi connectivity index (χ3n) is 4.70. The highest BCUT2D eigenvalue weighted by Crippen LogP contribution is 2.24. The summed E-state index contributed by atoms with van der Waals surface area (Å²) in [7, 11) is 3.95. The van der Waals surface area contributed by atoms with Crippen molar-refractivity contribution < 1.29 is 9.21 Å². The number of rotatable bonds is 7. The molecule has 1 fully saturated rings. The van der Waals surface area contributed by atoms with Crippen molar-refractivity contribution >= 4 is 17.7 Å². The summed E-state index contributed by atoms with van der Waals surface area (Å²) in [6.07, 6.45) is 7.04. The number of amides is 1. The predicted molar refractivity (Wildman–Crippen MR) is 98.6 cm³/mol. The standard InChI is InChI=1S/C18H26N4O2S/c1-19-8-5-14-6-10-22(11-7-14)17(23)16-4-3-15(24-16)13-25-18-20-9-12-21(18)2/h3-4,9,12,14,19H,5-8,10-11,13H2,1-2H3. The van der Waals surface area contributed by atoms with Crippen LogP contribution in [0.25, 0.3) is 0 Å². The van der Waals surface area contributed by atoms with E-state index in [1.54, 1.807) is 24.0 Å². The van der Waals surface area contributed by atoms with Gasteiger partial charge in [-0.1, -0.05) is 11.8 Å². The maximum absolute atomic E-state index is 12.6. The van der Waals surface area contributed by atoms with Gasteiger partial charge in [-0.2, -0.15) is 0 Å². The van der Waals surface area contributed by atoms with Gasteiger partial charge >= 0.3 is 0 Å². The van der Waals surface area contributed by atoms with E-state index in [9.17, 15) is 4.79 Å². The fraction of sp³-hybridized carbons (Fsp3) is 0.556. The lowest BCUT2D eigenvalue weighted by atomic mass is 9.93. The van der Waals surface area contributed by atoms with Crippen molar-refractivity contribution in [3.63, 3.8) is 0 Å². The van der Waals surface area contributed by atoms with Crippen LogP contribution in [0.4, 0.5) is 0 Å². The Morgan fingerprint density at radius 2 is 2.20 bits per heavy atom. The third kappa shape index (κ3) is 4.67. The second-order valence-corrected chi connectivity index (χ2v) is 7.45. The van der Waals surface area contributed by atoms with Crippen molar-refractivity contribution in [2.75, 3.05) is 26.7 Å². The smallest absolute Gasteiger partial charge is 0.289 e. The quantitative estimate of drug-likeness (QED) is 0.768. The molecule has 1 aliphatic rings. The highest BCUT2D eigenvalue weighted by molar-refractivity contribution is 7.98. The zero-order valence-corrected chi connectivity index (χ0v) is 15.7. The lowest BCUT2D eigenvalue weighted by Crippen LogP contribution is -2.38. The number of aromatic nitrogens is 2. The molecule has 1 saturated heterocycles. The van der Waals surface area contributed by atoms with Gasteiger partial charge in [0.25, 0.3) is 5.91 Å². The van der Waals surface area contributed by atoms with Crippen LogP contribution in [-0.4, -0.2) is 47.0 Å². The highest BCUT2D eigenvalue weighted by Gasteiger charge is 2.25. The maximum atomic E-state index is 12.6. The molecule has 1 N–H and O–H groups in total. The van der Waals surface area contributed by atoms with Gasteiger partial charge in [-0.25, -0.2) is 4.98 Å². The van der Waals surface area contributed by atoms with Crippen LogP contribution in [0.1, 0.15) is 35.6 Å². The van der Waals surface area contributed by atoms with Crippen LogP contribution >= 0.6 is 11.8 Å². The summed E-state index contributed by atoms with van der Waals surface area (Å²) in [6, 6.07) is 3.69. The van der Waals surface area contributed by atoms with Crippen molar-refractivity contribution in [1.82, 2.24) is 19.8 Å². The molecule has 0 aliphatic carbocycles. The average Bonchev–Trinajstić information content (AvgIpc) is 3.27. The van der Waals surface area contributed by atoms with E-state index in [1.165, 1.54) is 6.42 Å². The van der Waals surface area contributed by atoms with Gasteiger partial charge in [-0.05, 0) is 50.9 Å². The summed E-state index contributed by atoms with van der Waals surface area (Å²) in [5.74, 6) is 2.66. The average molecular weight is 362 g/mol. The zero-order chi connectivity index (χ0) is 17.6. The van der Waals surface area contributed by atoms with Gasteiger partial charge in [-0.15, -0.1) is 0 Å². The fourth-order valence-corrected chi connectivity index (χ4v) is 3.95. The minimum absolute atomic E-state index is 0.0142. The first-order valence-electron chi connectivity index (χ1n) is 8.80. The van der Waals surface area contributed by atoms with Crippen molar-refractivity contribution in [2.24, 2.45) is 13.0 Å². The van der Waals surface area contributed by atoms with Crippen molar-refractivity contribution in [1.29, 1.82) is 0 Å². The monoisotopic (exact) mass is 362 g/mol. The number of piperidine rings is 1. The third-order valence-corrected chi connectivity index (χ3v) is 5.78. The highest BCUT2D eigenvalue weighted by atomic mass is 32.2. The Morgan fingerprint density at radius 3 is 2.88 bits per heavy atom. The van der Waals surface area contributed by atoms with Crippen molar-refractivity contribution in [3.05, 3.63) is 36.0 Å². The molecular weight excluding hydrogens is 336 g/mol. The lowest BCUT2D eigenvalue weighted by molar-refractivity contribution is 0.0653. The molecule has 0 bridgehead atoms. The summed E-state index contributed by atoms with van der Waals surface area (Å²) in [5.41, 5.74) is 0. The molecule has 0 atom stereocenters. The molecule has 25 heavy (non-hydrogen) atoms. The topological polar surface area (TPSA) is 63.3 Å². The van der Waals surface area contributed by atoms with E-state index in [2.05, 4.69) is 10.3 Å². The minimum Gasteiger partial charge on any atom is -0.455 e. The molecule has 6 nitrogen and oxygen atoms in total. The molecule has 0 unspecified atom stereocenters. The summed E-state index contributed by atoms with van der Waals surface area (Å²) in [5, 5.41) is 4.14. The number of hydrogen-bond donors (Lipinski definition) is 1. The van der Waals surface area contributed by atoms with Gasteiger partial charge in [0.2, 0.25) is 0 Å². The summed E-state index contributed by atoms with van der Waals surface area (Å²) < 4.78 is 7.74. The zero-order valence-electron chi connectivity index (χ0n) is 14.9. The Bertz CT molecular complexity index is 689. The van der Waals surface area contributed by atoms with Gasteiger partial charge < -0.3 is 19.2 Å². The minimum atomic E-state index is 0.0142. The SMILES string of the molecule is CNCCC1CCN(C(=O)c2ccc(CSc3nccn3C)o2)CC1. The number of nitrogens with zero attached hydrogens (tertiary/aromatic N) is 3. The van der Waals surface area contributed by atoms with Gasteiger partial charge in [-0.3, -0.25) is 4.79 Å². The molecular formula is C18H26N4O2S. The first kappa shape index (κ1) is 18.1. The normalized spacial score (nSPS) is 15.7.